The molecule has 2 aromatic rings. The highest BCUT2D eigenvalue weighted by molar-refractivity contribution is 6.09. The van der Waals surface area contributed by atoms with Crippen molar-refractivity contribution in [3.05, 3.63) is 71.2 Å². The summed E-state index contributed by atoms with van der Waals surface area (Å²) in [4.78, 5) is 35.5. The van der Waals surface area contributed by atoms with Gasteiger partial charge in [-0.15, -0.1) is 0 Å². The van der Waals surface area contributed by atoms with Crippen molar-refractivity contribution in [2.24, 2.45) is 10.9 Å². The normalized spacial score (nSPS) is 23.1. The van der Waals surface area contributed by atoms with Gasteiger partial charge in [-0.2, -0.15) is 0 Å². The average molecular weight is 418 g/mol. The first kappa shape index (κ1) is 21.0. The minimum absolute atomic E-state index is 0.0169. The van der Waals surface area contributed by atoms with Crippen molar-refractivity contribution in [1.29, 1.82) is 0 Å². The first-order chi connectivity index (χ1) is 15.0. The Labute approximate surface area is 182 Å². The Morgan fingerprint density at radius 2 is 1.90 bits per heavy atom. The molecule has 0 radical (unpaired) electrons. The molecule has 6 nitrogen and oxygen atoms in total. The molecule has 0 bridgehead atoms. The lowest BCUT2D eigenvalue weighted by atomic mass is 9.70. The molecule has 1 aromatic heterocycles. The van der Waals surface area contributed by atoms with E-state index in [0.717, 1.165) is 17.0 Å². The standard InChI is InChI=1S/C25H26N2O4/c1-4-31-25(29)22-15(2)27-20-13-17(16-8-10-18(30-3)11-9-16)14-21(28)23(20)24(22)19-7-5-6-12-26-19/h5-12,17,22,24H,4,13-14H2,1-3H3/t17-,22?,24-/m0/s1. The lowest BCUT2D eigenvalue weighted by Crippen LogP contribution is -2.38. The van der Waals surface area contributed by atoms with Gasteiger partial charge in [0.05, 0.1) is 19.6 Å². The van der Waals surface area contributed by atoms with Crippen LogP contribution in [0.4, 0.5) is 0 Å². The molecule has 31 heavy (non-hydrogen) atoms. The van der Waals surface area contributed by atoms with Crippen molar-refractivity contribution in [3.8, 4) is 5.75 Å². The molecule has 2 aliphatic rings. The largest absolute Gasteiger partial charge is 0.497 e. The first-order valence-corrected chi connectivity index (χ1v) is 10.6. The molecule has 1 unspecified atom stereocenters. The second-order valence-electron chi connectivity index (χ2n) is 7.88. The van der Waals surface area contributed by atoms with Gasteiger partial charge in [-0.1, -0.05) is 18.2 Å². The van der Waals surface area contributed by atoms with E-state index in [2.05, 4.69) is 4.98 Å². The zero-order valence-electron chi connectivity index (χ0n) is 18.0. The number of aromatic nitrogens is 1. The summed E-state index contributed by atoms with van der Waals surface area (Å²) in [7, 11) is 1.63. The highest BCUT2D eigenvalue weighted by atomic mass is 16.5. The van der Waals surface area contributed by atoms with Crippen LogP contribution in [-0.4, -0.2) is 36.2 Å². The van der Waals surface area contributed by atoms with Crippen LogP contribution in [-0.2, 0) is 14.3 Å². The molecule has 1 aliphatic carbocycles. The first-order valence-electron chi connectivity index (χ1n) is 10.6. The fourth-order valence-electron chi connectivity index (χ4n) is 4.59. The Balaban J connectivity index is 1.75. The number of pyridine rings is 1. The maximum absolute atomic E-state index is 13.4. The molecule has 0 fully saturated rings. The molecule has 1 aliphatic heterocycles. The van der Waals surface area contributed by atoms with Crippen molar-refractivity contribution in [2.75, 3.05) is 13.7 Å². The van der Waals surface area contributed by atoms with Gasteiger partial charge in [0, 0.05) is 35.3 Å². The van der Waals surface area contributed by atoms with Crippen LogP contribution in [0, 0.1) is 5.92 Å². The molecule has 4 rings (SSSR count). The molecule has 2 heterocycles. The third kappa shape index (κ3) is 4.02. The maximum atomic E-state index is 13.4. The summed E-state index contributed by atoms with van der Waals surface area (Å²) in [5, 5.41) is 0. The van der Waals surface area contributed by atoms with E-state index in [-0.39, 0.29) is 24.3 Å². The summed E-state index contributed by atoms with van der Waals surface area (Å²) in [6.07, 6.45) is 2.70. The van der Waals surface area contributed by atoms with Gasteiger partial charge in [-0.3, -0.25) is 19.6 Å². The number of carbonyl (C=O) groups is 2. The number of ketones is 1. The van der Waals surface area contributed by atoms with Crippen LogP contribution < -0.4 is 4.74 Å². The van der Waals surface area contributed by atoms with Gasteiger partial charge < -0.3 is 9.47 Å². The highest BCUT2D eigenvalue weighted by Crippen LogP contribution is 2.46. The van der Waals surface area contributed by atoms with Crippen molar-refractivity contribution >= 4 is 17.5 Å². The fraction of sp³-hybridized carbons (Fsp3) is 0.360. The highest BCUT2D eigenvalue weighted by Gasteiger charge is 2.45. The van der Waals surface area contributed by atoms with Crippen molar-refractivity contribution in [2.45, 2.75) is 38.5 Å². The number of hydrogen-bond acceptors (Lipinski definition) is 6. The second-order valence-corrected chi connectivity index (χ2v) is 7.88. The third-order valence-corrected chi connectivity index (χ3v) is 6.02. The molecule has 160 valence electrons. The number of hydrogen-bond donors (Lipinski definition) is 0. The van der Waals surface area contributed by atoms with E-state index < -0.39 is 11.8 Å². The van der Waals surface area contributed by atoms with E-state index in [4.69, 9.17) is 14.5 Å². The van der Waals surface area contributed by atoms with Crippen LogP contribution in [0.25, 0.3) is 0 Å². The van der Waals surface area contributed by atoms with Gasteiger partial charge in [0.2, 0.25) is 0 Å². The van der Waals surface area contributed by atoms with Crippen LogP contribution in [0.1, 0.15) is 49.8 Å². The third-order valence-electron chi connectivity index (χ3n) is 6.02. The van der Waals surface area contributed by atoms with Crippen LogP contribution in [0.5, 0.6) is 5.75 Å². The molecule has 0 saturated heterocycles. The molecular weight excluding hydrogens is 392 g/mol. The van der Waals surface area contributed by atoms with E-state index >= 15 is 0 Å². The van der Waals surface area contributed by atoms with E-state index in [9.17, 15) is 9.59 Å². The molecule has 0 saturated carbocycles. The Morgan fingerprint density at radius 3 is 2.55 bits per heavy atom. The number of aliphatic imine (C=N–C) groups is 1. The molecule has 0 spiro atoms. The van der Waals surface area contributed by atoms with E-state index in [0.29, 0.717) is 29.8 Å². The number of rotatable bonds is 5. The van der Waals surface area contributed by atoms with Gasteiger partial charge in [0.15, 0.2) is 5.78 Å². The topological polar surface area (TPSA) is 77.8 Å². The van der Waals surface area contributed by atoms with E-state index in [1.807, 2.05) is 49.4 Å². The Hall–Kier alpha value is -3.28. The number of allylic oxidation sites excluding steroid dienone is 2. The predicted molar refractivity (Wildman–Crippen MR) is 117 cm³/mol. The Bertz CT molecular complexity index is 1040. The van der Waals surface area contributed by atoms with Gasteiger partial charge in [0.1, 0.15) is 11.7 Å². The monoisotopic (exact) mass is 418 g/mol. The zero-order chi connectivity index (χ0) is 22.0. The lowest BCUT2D eigenvalue weighted by Gasteiger charge is -2.36. The quantitative estimate of drug-likeness (QED) is 0.679. The minimum Gasteiger partial charge on any atom is -0.497 e. The summed E-state index contributed by atoms with van der Waals surface area (Å²) in [5.74, 6) is -0.645. The molecule has 0 amide bonds. The molecule has 0 N–H and O–H groups in total. The minimum atomic E-state index is -0.643. The van der Waals surface area contributed by atoms with Gasteiger partial charge in [0.25, 0.3) is 0 Å². The van der Waals surface area contributed by atoms with E-state index in [1.54, 1.807) is 20.2 Å². The number of esters is 1. The summed E-state index contributed by atoms with van der Waals surface area (Å²) in [6, 6.07) is 13.4. The molecular formula is C25H26N2O4. The summed E-state index contributed by atoms with van der Waals surface area (Å²) in [6.45, 7) is 3.89. The molecule has 3 atom stereocenters. The number of nitrogens with zero attached hydrogens (tertiary/aromatic N) is 2. The lowest BCUT2D eigenvalue weighted by molar-refractivity contribution is -0.146. The molecule has 1 aromatic carbocycles. The summed E-state index contributed by atoms with van der Waals surface area (Å²) in [5.41, 5.74) is 3.79. The maximum Gasteiger partial charge on any atom is 0.315 e. The van der Waals surface area contributed by atoms with Crippen LogP contribution >= 0.6 is 0 Å². The Kier molecular flexibility index (Phi) is 5.98. The summed E-state index contributed by atoms with van der Waals surface area (Å²) < 4.78 is 10.6. The molecule has 6 heteroatoms. The summed E-state index contributed by atoms with van der Waals surface area (Å²) >= 11 is 0. The van der Waals surface area contributed by atoms with E-state index in [1.165, 1.54) is 0 Å². The average Bonchev–Trinajstić information content (AvgIpc) is 2.78. The van der Waals surface area contributed by atoms with Crippen molar-refractivity contribution < 1.29 is 19.1 Å². The van der Waals surface area contributed by atoms with Crippen LogP contribution in [0.3, 0.4) is 0 Å². The zero-order valence-corrected chi connectivity index (χ0v) is 18.0. The number of carbonyl (C=O) groups excluding carboxylic acids is 2. The van der Waals surface area contributed by atoms with Crippen LogP contribution in [0.2, 0.25) is 0 Å². The number of methoxy groups -OCH3 is 1. The SMILES string of the molecule is CCOC(=O)C1C(C)=NC2=C(C(=O)C[C@@H](c3ccc(OC)cc3)C2)[C@H]1c1ccccn1. The number of Topliss-reactive ketones (excluding diaryl/α,β-unsaturated/α-hetero) is 1. The van der Waals surface area contributed by atoms with Crippen LogP contribution in [0.15, 0.2) is 64.9 Å². The van der Waals surface area contributed by atoms with Crippen molar-refractivity contribution in [3.63, 3.8) is 0 Å². The number of ether oxygens (including phenoxy) is 2. The smallest absolute Gasteiger partial charge is 0.315 e. The van der Waals surface area contributed by atoms with Gasteiger partial charge in [-0.05, 0) is 56.0 Å². The second kappa shape index (κ2) is 8.84. The van der Waals surface area contributed by atoms with Gasteiger partial charge in [-0.25, -0.2) is 0 Å². The van der Waals surface area contributed by atoms with Crippen molar-refractivity contribution in [1.82, 2.24) is 4.98 Å². The number of benzene rings is 1. The predicted octanol–water partition coefficient (Wildman–Crippen LogP) is 4.23. The fourth-order valence-corrected chi connectivity index (χ4v) is 4.59. The van der Waals surface area contributed by atoms with Gasteiger partial charge >= 0.3 is 5.97 Å². The Morgan fingerprint density at radius 1 is 1.13 bits per heavy atom.